The van der Waals surface area contributed by atoms with Gasteiger partial charge in [0.15, 0.2) is 0 Å². The van der Waals surface area contributed by atoms with Crippen LogP contribution >= 0.6 is 11.3 Å². The summed E-state index contributed by atoms with van der Waals surface area (Å²) in [6.45, 7) is 8.61. The molecule has 5 atom stereocenters. The Bertz CT molecular complexity index is 3120. The van der Waals surface area contributed by atoms with Gasteiger partial charge in [0.2, 0.25) is 18.0 Å². The number of alkyl carbamates (subject to hydrolysis) is 2. The molecule has 18 heteroatoms. The number of ether oxygens (including phenoxy) is 3. The number of hydrogen-bond acceptors (Lipinski definition) is 11. The number of thiazole rings is 1. The molecule has 0 saturated carbocycles. The molecule has 0 radical (unpaired) electrons. The SMILES string of the molecule is COC(=O)N[C@H](C(=O)N1CCC[C@H]1C1=NC=C(c2cc(F)c3c(c2)OC(c2cnc(-c4ccc(F)cc4)s2)n2c-3cc3cc(C4=CN=C([C@@H]5CCCN5C(=O)[C@@H](NC(=O)OC)C(C)C)C4)ccc32)C1)C(C)C. The van der Waals surface area contributed by atoms with Gasteiger partial charge in [-0.25, -0.2) is 23.4 Å². The first-order chi connectivity index (χ1) is 34.7. The van der Waals surface area contributed by atoms with Crippen LogP contribution < -0.4 is 15.4 Å². The second kappa shape index (κ2) is 19.8. The van der Waals surface area contributed by atoms with Crippen LogP contribution in [0.25, 0.3) is 43.9 Å². The van der Waals surface area contributed by atoms with Crippen LogP contribution in [-0.2, 0) is 19.1 Å². The van der Waals surface area contributed by atoms with Gasteiger partial charge in [0, 0.05) is 66.9 Å². The molecular weight excluding hydrogens is 943 g/mol. The summed E-state index contributed by atoms with van der Waals surface area (Å²) in [5, 5.41) is 6.94. The number of nitrogens with one attached hydrogen (secondary N) is 2. The minimum atomic E-state index is -0.768. The number of nitrogens with zero attached hydrogens (tertiary/aromatic N) is 6. The summed E-state index contributed by atoms with van der Waals surface area (Å²) in [5.74, 6) is -1.17. The van der Waals surface area contributed by atoms with Gasteiger partial charge in [-0.3, -0.25) is 24.1 Å². The number of aliphatic imine (C=N–C) groups is 2. The van der Waals surface area contributed by atoms with Crippen molar-refractivity contribution in [3.63, 3.8) is 0 Å². The smallest absolute Gasteiger partial charge is 0.407 e. The minimum Gasteiger partial charge on any atom is -0.464 e. The largest absolute Gasteiger partial charge is 0.464 e. The van der Waals surface area contributed by atoms with Crippen molar-refractivity contribution in [2.45, 2.75) is 96.6 Å². The zero-order valence-electron chi connectivity index (χ0n) is 40.9. The molecule has 3 aromatic carbocycles. The Balaban J connectivity index is 0.939. The van der Waals surface area contributed by atoms with Gasteiger partial charge in [-0.05, 0) is 114 Å². The van der Waals surface area contributed by atoms with E-state index in [1.165, 1.54) is 43.8 Å². The molecular formula is C54H56F2N8O7S. The third kappa shape index (κ3) is 9.05. The topological polar surface area (TPSA) is 169 Å². The summed E-state index contributed by atoms with van der Waals surface area (Å²) >= 11 is 1.41. The van der Waals surface area contributed by atoms with Crippen molar-refractivity contribution >= 4 is 68.8 Å². The van der Waals surface area contributed by atoms with Crippen molar-refractivity contribution < 1.29 is 42.2 Å². The van der Waals surface area contributed by atoms with Crippen LogP contribution in [0.15, 0.2) is 89.2 Å². The van der Waals surface area contributed by atoms with Gasteiger partial charge in [0.05, 0.1) is 48.0 Å². The number of allylic oxidation sites excluding steroid dienone is 2. The van der Waals surface area contributed by atoms with E-state index in [0.29, 0.717) is 59.9 Å². The molecule has 2 fully saturated rings. The lowest BCUT2D eigenvalue weighted by Crippen LogP contribution is -2.53. The molecule has 2 N–H and O–H groups in total. The summed E-state index contributed by atoms with van der Waals surface area (Å²) in [6.07, 6.45) is 7.26. The summed E-state index contributed by atoms with van der Waals surface area (Å²) in [6, 6.07) is 15.6. The van der Waals surface area contributed by atoms with E-state index in [1.807, 2.05) is 67.6 Å². The van der Waals surface area contributed by atoms with Crippen molar-refractivity contribution in [1.29, 1.82) is 0 Å². The normalized spacial score (nSPS) is 20.1. The third-order valence-electron chi connectivity index (χ3n) is 14.4. The van der Waals surface area contributed by atoms with Gasteiger partial charge in [0.25, 0.3) is 0 Å². The number of aromatic nitrogens is 2. The first kappa shape index (κ1) is 48.4. The van der Waals surface area contributed by atoms with E-state index in [2.05, 4.69) is 16.7 Å². The quantitative estimate of drug-likeness (QED) is 0.125. The maximum atomic E-state index is 17.0. The molecule has 15 nitrogen and oxygen atoms in total. The maximum absolute atomic E-state index is 17.0. The Morgan fingerprint density at radius 2 is 1.31 bits per heavy atom. The Morgan fingerprint density at radius 3 is 1.88 bits per heavy atom. The molecule has 10 rings (SSSR count). The Morgan fingerprint density at radius 1 is 0.736 bits per heavy atom. The molecule has 5 aromatic rings. The maximum Gasteiger partial charge on any atom is 0.407 e. The Hall–Kier alpha value is -7.21. The number of halogens is 2. The van der Waals surface area contributed by atoms with E-state index in [1.54, 1.807) is 29.4 Å². The molecule has 5 aliphatic rings. The van der Waals surface area contributed by atoms with Crippen molar-refractivity contribution in [2.75, 3.05) is 27.3 Å². The number of likely N-dealkylation sites (tertiary alicyclic amines) is 2. The first-order valence-electron chi connectivity index (χ1n) is 24.4. The minimum absolute atomic E-state index is 0.151. The van der Waals surface area contributed by atoms with Crippen LogP contribution in [0.1, 0.15) is 88.5 Å². The summed E-state index contributed by atoms with van der Waals surface area (Å²) in [7, 11) is 2.55. The zero-order chi connectivity index (χ0) is 50.5. The average Bonchev–Trinajstić information content (AvgIpc) is 4.24. The summed E-state index contributed by atoms with van der Waals surface area (Å²) < 4.78 is 49.5. The van der Waals surface area contributed by atoms with Crippen molar-refractivity contribution in [3.05, 3.63) is 107 Å². The number of carbonyl (C=O) groups is 4. The summed E-state index contributed by atoms with van der Waals surface area (Å²) in [5.41, 5.74) is 7.44. The first-order valence-corrected chi connectivity index (χ1v) is 25.2. The third-order valence-corrected chi connectivity index (χ3v) is 15.4. The molecule has 0 spiro atoms. The lowest BCUT2D eigenvalue weighted by molar-refractivity contribution is -0.134. The number of methoxy groups -OCH3 is 2. The second-order valence-electron chi connectivity index (χ2n) is 19.5. The van der Waals surface area contributed by atoms with Gasteiger partial charge in [-0.2, -0.15) is 0 Å². The fourth-order valence-electron chi connectivity index (χ4n) is 10.6. The van der Waals surface area contributed by atoms with Crippen LogP contribution in [0.3, 0.4) is 0 Å². The van der Waals surface area contributed by atoms with E-state index in [0.717, 1.165) is 68.7 Å². The molecule has 0 bridgehead atoms. The van der Waals surface area contributed by atoms with Crippen molar-refractivity contribution in [2.24, 2.45) is 21.8 Å². The number of benzene rings is 3. The Labute approximate surface area is 419 Å². The van der Waals surface area contributed by atoms with Crippen molar-refractivity contribution in [1.82, 2.24) is 30.0 Å². The van der Waals surface area contributed by atoms with E-state index < -0.39 is 36.3 Å². The molecule has 4 amide bonds. The number of fused-ring (bicyclic) bond motifs is 5. The van der Waals surface area contributed by atoms with Crippen LogP contribution in [0.5, 0.6) is 5.75 Å². The number of rotatable bonds is 12. The lowest BCUT2D eigenvalue weighted by atomic mass is 9.95. The predicted octanol–water partition coefficient (Wildman–Crippen LogP) is 9.76. The molecule has 72 heavy (non-hydrogen) atoms. The van der Waals surface area contributed by atoms with Gasteiger partial charge in [0.1, 0.15) is 34.5 Å². The lowest BCUT2D eigenvalue weighted by Gasteiger charge is -2.31. The summed E-state index contributed by atoms with van der Waals surface area (Å²) in [4.78, 5) is 70.8. The number of carbonyl (C=O) groups excluding carboxylic acids is 4. The Kier molecular flexibility index (Phi) is 13.3. The molecule has 2 saturated heterocycles. The fraction of sp³-hybridized carbons (Fsp3) is 0.389. The molecule has 5 aliphatic heterocycles. The van der Waals surface area contributed by atoms with Crippen LogP contribution in [0.2, 0.25) is 0 Å². The van der Waals surface area contributed by atoms with Crippen LogP contribution in [0, 0.1) is 23.5 Å². The highest BCUT2D eigenvalue weighted by Crippen LogP contribution is 2.49. The average molecular weight is 999 g/mol. The molecule has 0 aliphatic carbocycles. The zero-order valence-corrected chi connectivity index (χ0v) is 41.7. The highest BCUT2D eigenvalue weighted by molar-refractivity contribution is 7.15. The van der Waals surface area contributed by atoms with Crippen LogP contribution in [0.4, 0.5) is 18.4 Å². The monoisotopic (exact) mass is 998 g/mol. The number of hydrogen-bond donors (Lipinski definition) is 2. The van der Waals surface area contributed by atoms with E-state index >= 15 is 4.39 Å². The molecule has 2 aromatic heterocycles. The van der Waals surface area contributed by atoms with E-state index in [4.69, 9.17) is 29.2 Å². The van der Waals surface area contributed by atoms with Gasteiger partial charge in [-0.1, -0.05) is 33.8 Å². The predicted molar refractivity (Wildman–Crippen MR) is 271 cm³/mol. The highest BCUT2D eigenvalue weighted by atomic mass is 32.1. The van der Waals surface area contributed by atoms with Gasteiger partial charge < -0.3 is 34.6 Å². The van der Waals surface area contributed by atoms with Gasteiger partial charge in [-0.15, -0.1) is 11.3 Å². The molecule has 7 heterocycles. The molecule has 374 valence electrons. The number of amides is 4. The molecule has 1 unspecified atom stereocenters. The van der Waals surface area contributed by atoms with Crippen molar-refractivity contribution in [3.8, 4) is 27.6 Å². The second-order valence-corrected chi connectivity index (χ2v) is 20.6. The fourth-order valence-corrected chi connectivity index (χ4v) is 11.6. The van der Waals surface area contributed by atoms with E-state index in [9.17, 15) is 23.6 Å². The van der Waals surface area contributed by atoms with E-state index in [-0.39, 0.29) is 41.6 Å². The van der Waals surface area contributed by atoms with Gasteiger partial charge >= 0.3 is 12.2 Å². The standard InChI is InChI=1S/C54H56F2N8O7S/c1-28(2)47(60-53(67)69-5)50(65)62-17-7-9-41(62)38-21-34(25-57-38)31-13-16-40-33(19-31)23-43-46-37(56)20-32(24-44(46)71-52(64(40)43)45-27-59-49(72-45)30-11-14-36(55)15-12-30)35-22-39(58-26-35)42-10-8-18-63(42)51(66)48(29(3)4)61-54(68)70-6/h11-16,19-20,23-29,41-42,47-48,52H,7-10,17-18,21-22H2,1-6H3,(H,60,67)(H,61,68)/t41-,42-,47-,48-,52?/m0/s1. The highest BCUT2D eigenvalue weighted by Gasteiger charge is 2.41. The van der Waals surface area contributed by atoms with Crippen LogP contribution in [-0.4, -0.2) is 106 Å².